The molecule has 84 valence electrons. The molecular weight excluding hydrogens is 221 g/mol. The molecular formula is C10H7F3N2O. The summed E-state index contributed by atoms with van der Waals surface area (Å²) in [6, 6.07) is 7.57. The summed E-state index contributed by atoms with van der Waals surface area (Å²) in [5.74, 6) is -2.03. The van der Waals surface area contributed by atoms with Crippen LogP contribution in [0.15, 0.2) is 24.3 Å². The minimum absolute atomic E-state index is 0.0232. The average Bonchev–Trinajstić information content (AvgIpc) is 2.17. The molecule has 0 bridgehead atoms. The number of benzene rings is 1. The van der Waals surface area contributed by atoms with Gasteiger partial charge < -0.3 is 5.32 Å². The lowest BCUT2D eigenvalue weighted by atomic mass is 10.1. The van der Waals surface area contributed by atoms with Gasteiger partial charge in [-0.1, -0.05) is 12.1 Å². The highest BCUT2D eigenvalue weighted by Gasteiger charge is 2.38. The molecule has 0 spiro atoms. The monoisotopic (exact) mass is 228 g/mol. The largest absolute Gasteiger partial charge is 0.471 e. The highest BCUT2D eigenvalue weighted by molar-refractivity contribution is 5.94. The number of anilines is 1. The molecule has 1 rings (SSSR count). The van der Waals surface area contributed by atoms with E-state index in [-0.39, 0.29) is 12.1 Å². The lowest BCUT2D eigenvalue weighted by Crippen LogP contribution is -2.29. The van der Waals surface area contributed by atoms with Gasteiger partial charge in [-0.15, -0.1) is 0 Å². The highest BCUT2D eigenvalue weighted by atomic mass is 19.4. The Hall–Kier alpha value is -2.03. The fraction of sp³-hybridized carbons (Fsp3) is 0.200. The topological polar surface area (TPSA) is 52.9 Å². The number of hydrogen-bond donors (Lipinski definition) is 1. The molecule has 1 aromatic carbocycles. The summed E-state index contributed by atoms with van der Waals surface area (Å²) in [4.78, 5) is 10.6. The smallest absolute Gasteiger partial charge is 0.318 e. The van der Waals surface area contributed by atoms with Crippen molar-refractivity contribution in [2.24, 2.45) is 0 Å². The van der Waals surface area contributed by atoms with Gasteiger partial charge in [0, 0.05) is 5.69 Å². The van der Waals surface area contributed by atoms with Crippen LogP contribution in [0, 0.1) is 11.3 Å². The van der Waals surface area contributed by atoms with Crippen LogP contribution in [0.4, 0.5) is 18.9 Å². The van der Waals surface area contributed by atoms with E-state index in [2.05, 4.69) is 0 Å². The van der Waals surface area contributed by atoms with E-state index in [4.69, 9.17) is 5.26 Å². The van der Waals surface area contributed by atoms with Gasteiger partial charge in [0.25, 0.3) is 0 Å². The second-order valence-corrected chi connectivity index (χ2v) is 2.99. The summed E-state index contributed by atoms with van der Waals surface area (Å²) in [5.41, 5.74) is 0.567. The van der Waals surface area contributed by atoms with E-state index in [1.54, 1.807) is 11.4 Å². The molecule has 0 heterocycles. The van der Waals surface area contributed by atoms with Crippen molar-refractivity contribution < 1.29 is 18.0 Å². The number of carbonyl (C=O) groups excluding carboxylic acids is 1. The molecule has 0 aliphatic rings. The molecule has 16 heavy (non-hydrogen) atoms. The number of halogens is 3. The van der Waals surface area contributed by atoms with Crippen molar-refractivity contribution in [1.82, 2.24) is 0 Å². The Morgan fingerprint density at radius 2 is 2.12 bits per heavy atom. The zero-order valence-corrected chi connectivity index (χ0v) is 8.01. The maximum atomic E-state index is 11.9. The third-order valence-corrected chi connectivity index (χ3v) is 1.73. The number of carbonyl (C=O) groups is 1. The third-order valence-electron chi connectivity index (χ3n) is 1.73. The molecule has 0 fully saturated rings. The number of rotatable bonds is 2. The SMILES string of the molecule is N#CCc1cccc(NC(=O)C(F)(F)F)c1. The molecule has 0 radical (unpaired) electrons. The van der Waals surface area contributed by atoms with Crippen molar-refractivity contribution in [3.63, 3.8) is 0 Å². The molecule has 0 aliphatic heterocycles. The van der Waals surface area contributed by atoms with E-state index >= 15 is 0 Å². The van der Waals surface area contributed by atoms with Gasteiger partial charge in [0.15, 0.2) is 0 Å². The van der Waals surface area contributed by atoms with E-state index in [1.807, 2.05) is 6.07 Å². The van der Waals surface area contributed by atoms with E-state index in [9.17, 15) is 18.0 Å². The Labute approximate surface area is 89.5 Å². The maximum absolute atomic E-state index is 11.9. The van der Waals surface area contributed by atoms with Crippen LogP contribution in [-0.2, 0) is 11.2 Å². The molecule has 1 amide bonds. The molecule has 0 saturated carbocycles. The Balaban J connectivity index is 2.79. The first kappa shape index (κ1) is 12.0. The van der Waals surface area contributed by atoms with E-state index in [1.165, 1.54) is 18.2 Å². The number of alkyl halides is 3. The molecule has 1 N–H and O–H groups in total. The minimum atomic E-state index is -4.91. The van der Waals surface area contributed by atoms with Crippen molar-refractivity contribution in [2.75, 3.05) is 5.32 Å². The van der Waals surface area contributed by atoms with Gasteiger partial charge in [0.1, 0.15) is 0 Å². The van der Waals surface area contributed by atoms with Gasteiger partial charge in [-0.3, -0.25) is 4.79 Å². The quantitative estimate of drug-likeness (QED) is 0.843. The first-order valence-electron chi connectivity index (χ1n) is 4.27. The molecule has 0 aliphatic carbocycles. The van der Waals surface area contributed by atoms with Crippen LogP contribution in [0.1, 0.15) is 5.56 Å². The molecule has 6 heteroatoms. The standard InChI is InChI=1S/C10H7F3N2O/c11-10(12,13)9(16)15-8-3-1-2-7(6-8)4-5-14/h1-3,6H,4H2,(H,15,16). The number of amides is 1. The van der Waals surface area contributed by atoms with Gasteiger partial charge in [0.2, 0.25) is 0 Å². The fourth-order valence-electron chi connectivity index (χ4n) is 1.05. The van der Waals surface area contributed by atoms with Crippen LogP contribution in [0.2, 0.25) is 0 Å². The lowest BCUT2D eigenvalue weighted by Gasteiger charge is -2.08. The second kappa shape index (κ2) is 4.66. The summed E-state index contributed by atoms with van der Waals surface area (Å²) >= 11 is 0. The Kier molecular flexibility index (Phi) is 3.51. The van der Waals surface area contributed by atoms with Crippen molar-refractivity contribution in [3.8, 4) is 6.07 Å². The average molecular weight is 228 g/mol. The fourth-order valence-corrected chi connectivity index (χ4v) is 1.05. The first-order chi connectivity index (χ1) is 7.43. The molecule has 0 aromatic heterocycles. The van der Waals surface area contributed by atoms with Crippen molar-refractivity contribution >= 4 is 11.6 Å². The van der Waals surface area contributed by atoms with Crippen LogP contribution in [0.5, 0.6) is 0 Å². The minimum Gasteiger partial charge on any atom is -0.318 e. The van der Waals surface area contributed by atoms with Gasteiger partial charge >= 0.3 is 12.1 Å². The Morgan fingerprint density at radius 3 is 2.69 bits per heavy atom. The van der Waals surface area contributed by atoms with Crippen LogP contribution >= 0.6 is 0 Å². The zero-order chi connectivity index (χ0) is 12.2. The predicted octanol–water partition coefficient (Wildman–Crippen LogP) is 2.25. The van der Waals surface area contributed by atoms with E-state index < -0.39 is 12.1 Å². The maximum Gasteiger partial charge on any atom is 0.471 e. The normalized spacial score (nSPS) is 10.6. The van der Waals surface area contributed by atoms with Crippen LogP contribution in [-0.4, -0.2) is 12.1 Å². The number of nitrogens with zero attached hydrogens (tertiary/aromatic N) is 1. The van der Waals surface area contributed by atoms with Crippen LogP contribution in [0.3, 0.4) is 0 Å². The van der Waals surface area contributed by atoms with Gasteiger partial charge in [-0.05, 0) is 17.7 Å². The first-order valence-corrected chi connectivity index (χ1v) is 4.27. The van der Waals surface area contributed by atoms with Crippen molar-refractivity contribution in [3.05, 3.63) is 29.8 Å². The summed E-state index contributed by atoms with van der Waals surface area (Å²) in [6.07, 6.45) is -4.83. The predicted molar refractivity (Wildman–Crippen MR) is 50.4 cm³/mol. The van der Waals surface area contributed by atoms with E-state index in [0.29, 0.717) is 5.56 Å². The van der Waals surface area contributed by atoms with Crippen LogP contribution < -0.4 is 5.32 Å². The van der Waals surface area contributed by atoms with Crippen molar-refractivity contribution in [1.29, 1.82) is 5.26 Å². The number of nitrogens with one attached hydrogen (secondary N) is 1. The third kappa shape index (κ3) is 3.28. The molecule has 1 aromatic rings. The Morgan fingerprint density at radius 1 is 1.44 bits per heavy atom. The Bertz CT molecular complexity index is 434. The van der Waals surface area contributed by atoms with Crippen molar-refractivity contribution in [2.45, 2.75) is 12.6 Å². The van der Waals surface area contributed by atoms with Gasteiger partial charge in [0.05, 0.1) is 12.5 Å². The summed E-state index contributed by atoms with van der Waals surface area (Å²) in [6.45, 7) is 0. The molecule has 0 unspecified atom stereocenters. The summed E-state index contributed by atoms with van der Waals surface area (Å²) in [7, 11) is 0. The molecule has 0 saturated heterocycles. The van der Waals surface area contributed by atoms with Gasteiger partial charge in [-0.25, -0.2) is 0 Å². The second-order valence-electron chi connectivity index (χ2n) is 2.99. The molecule has 0 atom stereocenters. The highest BCUT2D eigenvalue weighted by Crippen LogP contribution is 2.18. The van der Waals surface area contributed by atoms with Gasteiger partial charge in [-0.2, -0.15) is 18.4 Å². The number of hydrogen-bond acceptors (Lipinski definition) is 2. The number of nitriles is 1. The zero-order valence-electron chi connectivity index (χ0n) is 8.01. The lowest BCUT2D eigenvalue weighted by molar-refractivity contribution is -0.167. The summed E-state index contributed by atoms with van der Waals surface area (Å²) in [5, 5.41) is 10.1. The van der Waals surface area contributed by atoms with E-state index in [0.717, 1.165) is 0 Å². The molecule has 3 nitrogen and oxygen atoms in total. The summed E-state index contributed by atoms with van der Waals surface area (Å²) < 4.78 is 35.8. The van der Waals surface area contributed by atoms with Crippen LogP contribution in [0.25, 0.3) is 0 Å².